The van der Waals surface area contributed by atoms with Crippen LogP contribution in [0.4, 0.5) is 0 Å². The molecule has 2 aliphatic heterocycles. The van der Waals surface area contributed by atoms with E-state index in [9.17, 15) is 11.6 Å². The highest BCUT2D eigenvalue weighted by atomic mass is 16.5. The van der Waals surface area contributed by atoms with Crippen molar-refractivity contribution in [3.05, 3.63) is 23.2 Å². The lowest BCUT2D eigenvalue weighted by atomic mass is 9.79. The fraction of sp³-hybridized carbons (Fsp3) is 0.708. The van der Waals surface area contributed by atoms with Crippen LogP contribution >= 0.6 is 0 Å². The minimum atomic E-state index is -3.49. The second kappa shape index (κ2) is 9.56. The van der Waals surface area contributed by atoms with E-state index in [2.05, 4.69) is 0 Å². The van der Waals surface area contributed by atoms with Gasteiger partial charge >= 0.3 is 5.97 Å². The highest BCUT2D eigenvalue weighted by molar-refractivity contribution is 5.76. The Morgan fingerprint density at radius 1 is 1.37 bits per heavy atom. The number of piperidine rings is 1. The zero-order valence-corrected chi connectivity index (χ0v) is 17.8. The van der Waals surface area contributed by atoms with Gasteiger partial charge in [-0.1, -0.05) is 27.7 Å². The second-order valence-electron chi connectivity index (χ2n) is 8.00. The lowest BCUT2D eigenvalue weighted by Gasteiger charge is -2.47. The molecule has 6 nitrogen and oxygen atoms in total. The van der Waals surface area contributed by atoms with Crippen LogP contribution in [-0.2, 0) is 15.9 Å². The molecule has 0 spiro atoms. The van der Waals surface area contributed by atoms with E-state index in [1.54, 1.807) is 27.7 Å². The highest BCUT2D eigenvalue weighted by Crippen LogP contribution is 2.44. The summed E-state index contributed by atoms with van der Waals surface area (Å²) in [7, 11) is -2.25. The molecule has 0 aromatic heterocycles. The van der Waals surface area contributed by atoms with Crippen LogP contribution in [0, 0.1) is 17.7 Å². The molecule has 1 aromatic rings. The molecule has 168 valence electrons. The molecule has 30 heavy (non-hydrogen) atoms. The SMILES string of the molecule is [2H]c1c(OC([2H])([2H])[2H])c(OC)c([2H])c2c1C1N(C([2H])([2H])C2([2H])[2H])C([2H])([2H])C([2H])(CC(C)C)C(OC(=O)[C@@H](N)C(C)C)C1([2H])[2H]. The first kappa shape index (κ1) is 10.7. The lowest BCUT2D eigenvalue weighted by molar-refractivity contribution is -0.160. The molecule has 1 fully saturated rings. The number of hydrogen-bond acceptors (Lipinski definition) is 6. The Morgan fingerprint density at radius 2 is 2.10 bits per heavy atom. The van der Waals surface area contributed by atoms with E-state index in [1.165, 1.54) is 0 Å². The quantitative estimate of drug-likeness (QED) is 0.664. The Kier molecular flexibility index (Phi) is 3.41. The molecule has 0 bridgehead atoms. The molecule has 1 saturated heterocycles. The first-order valence-corrected chi connectivity index (χ1v) is 9.80. The lowest BCUT2D eigenvalue weighted by Crippen LogP contribution is -2.51. The number of carbonyl (C=O) groups is 1. The summed E-state index contributed by atoms with van der Waals surface area (Å²) in [6, 6.07) is -5.62. The zero-order chi connectivity index (χ0) is 34.3. The van der Waals surface area contributed by atoms with Gasteiger partial charge in [0.1, 0.15) is 12.1 Å². The number of nitrogens with zero attached hydrogens (tertiary/aromatic N) is 1. The summed E-state index contributed by atoms with van der Waals surface area (Å²) in [5.74, 6) is -6.63. The first-order chi connectivity index (χ1) is 19.6. The van der Waals surface area contributed by atoms with E-state index >= 15 is 0 Å². The number of rotatable bonds is 7. The molecule has 4 atom stereocenters. The Bertz CT molecular complexity index is 1300. The van der Waals surface area contributed by atoms with Crippen molar-refractivity contribution in [3.63, 3.8) is 0 Å². The third-order valence-corrected chi connectivity index (χ3v) is 4.84. The number of hydrogen-bond donors (Lipinski definition) is 1. The van der Waals surface area contributed by atoms with Gasteiger partial charge in [0.25, 0.3) is 0 Å². The van der Waals surface area contributed by atoms with Crippen molar-refractivity contribution in [1.82, 2.24) is 4.90 Å². The Hall–Kier alpha value is -1.79. The summed E-state index contributed by atoms with van der Waals surface area (Å²) in [5, 5.41) is 0. The summed E-state index contributed by atoms with van der Waals surface area (Å²) < 4.78 is 138. The molecular weight excluding hydrogens is 380 g/mol. The van der Waals surface area contributed by atoms with E-state index in [0.717, 1.165) is 7.11 Å². The summed E-state index contributed by atoms with van der Waals surface area (Å²) in [5.41, 5.74) is 4.23. The van der Waals surface area contributed by atoms with E-state index < -0.39 is 116 Å². The van der Waals surface area contributed by atoms with Crippen molar-refractivity contribution < 1.29 is 38.2 Å². The van der Waals surface area contributed by atoms with Crippen molar-refractivity contribution >= 4 is 5.97 Å². The number of nitrogens with two attached hydrogens (primary N) is 1. The van der Waals surface area contributed by atoms with Gasteiger partial charge in [0.2, 0.25) is 0 Å². The monoisotopic (exact) mass is 432 g/mol. The molecule has 1 aromatic carbocycles. The van der Waals surface area contributed by atoms with Gasteiger partial charge < -0.3 is 19.9 Å². The predicted octanol–water partition coefficient (Wildman–Crippen LogP) is 3.56. The number of methoxy groups -OCH3 is 2. The second-order valence-corrected chi connectivity index (χ2v) is 8.00. The average Bonchev–Trinajstić information content (AvgIpc) is 2.83. The molecule has 0 aliphatic carbocycles. The van der Waals surface area contributed by atoms with Crippen LogP contribution in [0.3, 0.4) is 0 Å². The topological polar surface area (TPSA) is 74.0 Å². The number of fused-ring (bicyclic) bond motifs is 3. The Balaban J connectivity index is 2.55. The molecule has 2 heterocycles. The Labute approximate surface area is 200 Å². The number of carbonyl (C=O) groups excluding carboxylic acids is 1. The number of esters is 1. The maximum atomic E-state index is 13.1. The van der Waals surface area contributed by atoms with Gasteiger partial charge in [-0.3, -0.25) is 9.69 Å². The van der Waals surface area contributed by atoms with E-state index in [-0.39, 0.29) is 4.90 Å². The van der Waals surface area contributed by atoms with Crippen LogP contribution in [0.25, 0.3) is 0 Å². The van der Waals surface area contributed by atoms with Crippen LogP contribution in [0.15, 0.2) is 12.1 Å². The number of ether oxygens (including phenoxy) is 3. The fourth-order valence-electron chi connectivity index (χ4n) is 3.18. The van der Waals surface area contributed by atoms with Crippen molar-refractivity contribution in [2.75, 3.05) is 27.1 Å². The van der Waals surface area contributed by atoms with Crippen LogP contribution < -0.4 is 15.2 Å². The molecular formula is C24H38N2O4. The van der Waals surface area contributed by atoms with Gasteiger partial charge in [0.05, 0.1) is 21.0 Å². The maximum absolute atomic E-state index is 13.1. The maximum Gasteiger partial charge on any atom is 0.323 e. The van der Waals surface area contributed by atoms with Gasteiger partial charge in [-0.15, -0.1) is 0 Å². The van der Waals surface area contributed by atoms with Crippen molar-refractivity contribution in [2.24, 2.45) is 23.5 Å². The third-order valence-electron chi connectivity index (χ3n) is 4.84. The van der Waals surface area contributed by atoms with E-state index in [0.29, 0.717) is 0 Å². The van der Waals surface area contributed by atoms with Crippen LogP contribution in [-0.4, -0.2) is 50.2 Å². The minimum Gasteiger partial charge on any atom is -0.493 e. The Morgan fingerprint density at radius 3 is 2.73 bits per heavy atom. The standard InChI is InChI=1S/C24H38N2O4/c1-14(2)9-17-13-26-8-7-16-10-21(28-5)22(29-6)11-18(16)19(26)12-20(17)30-24(27)23(25)15(3)4/h10-11,14-15,17,19-20,23H,7-9,12-13,25H2,1-6H3/t17?,19?,20?,23-/m0/s1/i6D3,7D2,8D2,10D,11D,12D2,13D2,17D. The van der Waals surface area contributed by atoms with Crippen molar-refractivity contribution in [3.8, 4) is 11.5 Å². The van der Waals surface area contributed by atoms with Gasteiger partial charge in [0.15, 0.2) is 11.5 Å². The van der Waals surface area contributed by atoms with E-state index in [4.69, 9.17) is 32.3 Å². The smallest absolute Gasteiger partial charge is 0.323 e. The first-order valence-electron chi connectivity index (χ1n) is 16.8. The molecule has 0 amide bonds. The molecule has 6 heteroatoms. The summed E-state index contributed by atoms with van der Waals surface area (Å²) >= 11 is 0. The van der Waals surface area contributed by atoms with Gasteiger partial charge in [0, 0.05) is 43.6 Å². The molecule has 2 aliphatic rings. The van der Waals surface area contributed by atoms with E-state index in [1.807, 2.05) is 0 Å². The third kappa shape index (κ3) is 4.75. The summed E-state index contributed by atoms with van der Waals surface area (Å²) in [4.78, 5) is 13.3. The number of benzene rings is 1. The zero-order valence-electron chi connectivity index (χ0n) is 31.8. The largest absolute Gasteiger partial charge is 0.493 e. The molecule has 0 saturated carbocycles. The molecule has 3 rings (SSSR count). The summed E-state index contributed by atoms with van der Waals surface area (Å²) in [6.07, 6.45) is -9.32. The van der Waals surface area contributed by atoms with Gasteiger partial charge in [-0.25, -0.2) is 0 Å². The average molecular weight is 433 g/mol. The van der Waals surface area contributed by atoms with Crippen molar-refractivity contribution in [1.29, 1.82) is 0 Å². The molecule has 2 N–H and O–H groups in total. The fourth-order valence-corrected chi connectivity index (χ4v) is 3.18. The van der Waals surface area contributed by atoms with Crippen LogP contribution in [0.2, 0.25) is 0 Å². The predicted molar refractivity (Wildman–Crippen MR) is 118 cm³/mol. The van der Waals surface area contributed by atoms with Crippen LogP contribution in [0.5, 0.6) is 11.5 Å². The highest BCUT2D eigenvalue weighted by Gasteiger charge is 2.41. The van der Waals surface area contributed by atoms with Gasteiger partial charge in [-0.2, -0.15) is 0 Å². The minimum absolute atomic E-state index is 0.174. The van der Waals surface area contributed by atoms with Gasteiger partial charge in [-0.05, 0) is 47.8 Å². The molecule has 3 unspecified atom stereocenters. The summed E-state index contributed by atoms with van der Waals surface area (Å²) in [6.45, 7) is -0.459. The van der Waals surface area contributed by atoms with Crippen LogP contribution in [0.1, 0.15) is 76.8 Å². The normalized spacial score (nSPS) is 41.3. The van der Waals surface area contributed by atoms with Crippen molar-refractivity contribution in [2.45, 2.75) is 65.0 Å². The molecule has 0 radical (unpaired) electrons.